The van der Waals surface area contributed by atoms with Crippen molar-refractivity contribution in [1.29, 1.82) is 0 Å². The Morgan fingerprint density at radius 3 is 2.74 bits per heavy atom. The van der Waals surface area contributed by atoms with Crippen molar-refractivity contribution in [2.45, 2.75) is 6.92 Å². The summed E-state index contributed by atoms with van der Waals surface area (Å²) in [7, 11) is 0. The minimum Gasteiger partial charge on any atom is -0.269 e. The van der Waals surface area contributed by atoms with E-state index in [9.17, 15) is 13.6 Å². The number of hydrogen-bond donors (Lipinski definition) is 0. The lowest BCUT2D eigenvalue weighted by Gasteiger charge is -2.05. The molecule has 2 aromatic heterocycles. The van der Waals surface area contributed by atoms with Gasteiger partial charge in [0, 0.05) is 12.3 Å². The van der Waals surface area contributed by atoms with E-state index >= 15 is 0 Å². The van der Waals surface area contributed by atoms with Gasteiger partial charge in [0.05, 0.1) is 10.7 Å². The first kappa shape index (κ1) is 15.4. The van der Waals surface area contributed by atoms with Gasteiger partial charge in [-0.15, -0.1) is 0 Å². The number of pyridine rings is 1. The zero-order valence-corrected chi connectivity index (χ0v) is 12.8. The fraction of sp³-hybridized carbons (Fsp3) is 0.0588. The number of aryl methyl sites for hydroxylation is 1. The quantitative estimate of drug-likeness (QED) is 0.710. The van der Waals surface area contributed by atoms with Crippen molar-refractivity contribution in [2.75, 3.05) is 0 Å². The molecule has 0 spiro atoms. The molecule has 3 nitrogen and oxygen atoms in total. The molecule has 0 bridgehead atoms. The monoisotopic (exact) mass is 332 g/mol. The van der Waals surface area contributed by atoms with E-state index in [1.165, 1.54) is 22.6 Å². The predicted octanol–water partition coefficient (Wildman–Crippen LogP) is 4.02. The van der Waals surface area contributed by atoms with Crippen molar-refractivity contribution in [2.24, 2.45) is 0 Å². The van der Waals surface area contributed by atoms with Crippen LogP contribution in [0.15, 0.2) is 47.4 Å². The first-order chi connectivity index (χ1) is 11.0. The van der Waals surface area contributed by atoms with Crippen LogP contribution in [0.4, 0.5) is 8.78 Å². The average molecular weight is 333 g/mol. The van der Waals surface area contributed by atoms with Crippen LogP contribution >= 0.6 is 11.6 Å². The lowest BCUT2D eigenvalue weighted by Crippen LogP contribution is -2.15. The summed E-state index contributed by atoms with van der Waals surface area (Å²) < 4.78 is 27.6. The molecular formula is C17H11ClF2N2O. The predicted molar refractivity (Wildman–Crippen MR) is 86.3 cm³/mol. The molecule has 0 aliphatic carbocycles. The smallest absolute Gasteiger partial charge is 0.258 e. The van der Waals surface area contributed by atoms with E-state index in [2.05, 4.69) is 4.98 Å². The Kier molecular flexibility index (Phi) is 3.96. The highest BCUT2D eigenvalue weighted by atomic mass is 35.5. The van der Waals surface area contributed by atoms with Crippen LogP contribution in [-0.2, 0) is 0 Å². The molecule has 3 aromatic rings. The van der Waals surface area contributed by atoms with Crippen LogP contribution in [0, 0.1) is 18.6 Å². The van der Waals surface area contributed by atoms with Crippen LogP contribution in [0.5, 0.6) is 0 Å². The Balaban J connectivity index is 2.12. The number of rotatable bonds is 2. The summed E-state index contributed by atoms with van der Waals surface area (Å²) in [6, 6.07) is 8.31. The maximum absolute atomic E-state index is 13.2. The number of aromatic nitrogens is 2. The van der Waals surface area contributed by atoms with Crippen LogP contribution in [0.2, 0.25) is 0 Å². The summed E-state index contributed by atoms with van der Waals surface area (Å²) in [6.45, 7) is 1.83. The molecule has 116 valence electrons. The van der Waals surface area contributed by atoms with E-state index in [-0.39, 0.29) is 16.3 Å². The molecule has 0 aliphatic heterocycles. The van der Waals surface area contributed by atoms with Crippen molar-refractivity contribution >= 4 is 28.4 Å². The van der Waals surface area contributed by atoms with E-state index in [0.717, 1.165) is 17.7 Å². The largest absolute Gasteiger partial charge is 0.269 e. The first-order valence-electron chi connectivity index (χ1n) is 6.77. The normalized spacial score (nSPS) is 11.9. The summed E-state index contributed by atoms with van der Waals surface area (Å²) in [6.07, 6.45) is 3.05. The van der Waals surface area contributed by atoms with Gasteiger partial charge in [-0.2, -0.15) is 0 Å². The summed E-state index contributed by atoms with van der Waals surface area (Å²) in [5, 5.41) is 0.166. The van der Waals surface area contributed by atoms with Crippen molar-refractivity contribution < 1.29 is 8.78 Å². The van der Waals surface area contributed by atoms with E-state index in [1.54, 1.807) is 12.3 Å². The summed E-state index contributed by atoms with van der Waals surface area (Å²) in [4.78, 5) is 16.5. The van der Waals surface area contributed by atoms with Crippen molar-refractivity contribution in [3.63, 3.8) is 0 Å². The van der Waals surface area contributed by atoms with E-state index in [0.29, 0.717) is 11.2 Å². The number of nitrogens with zero attached hydrogens (tertiary/aromatic N) is 2. The van der Waals surface area contributed by atoms with Gasteiger partial charge in [0.1, 0.15) is 5.65 Å². The second kappa shape index (κ2) is 5.93. The Hall–Kier alpha value is -2.53. The Labute approximate surface area is 135 Å². The lowest BCUT2D eigenvalue weighted by atomic mass is 10.2. The van der Waals surface area contributed by atoms with E-state index in [4.69, 9.17) is 11.6 Å². The molecule has 6 heteroatoms. The van der Waals surface area contributed by atoms with Crippen molar-refractivity contribution in [3.8, 4) is 0 Å². The Bertz CT molecular complexity index is 996. The Morgan fingerprint density at radius 1 is 1.22 bits per heavy atom. The maximum atomic E-state index is 13.2. The second-order valence-corrected chi connectivity index (χ2v) is 5.44. The SMILES string of the molecule is Cc1cccn2c(=O)cc(/C(Cl)=C/c3ccc(F)c(F)c3)nc12. The Morgan fingerprint density at radius 2 is 2.00 bits per heavy atom. The molecular weight excluding hydrogens is 322 g/mol. The number of halogens is 3. The third-order valence-electron chi connectivity index (χ3n) is 3.37. The highest BCUT2D eigenvalue weighted by molar-refractivity contribution is 6.51. The molecule has 0 saturated carbocycles. The highest BCUT2D eigenvalue weighted by Gasteiger charge is 2.08. The molecule has 3 rings (SSSR count). The average Bonchev–Trinajstić information content (AvgIpc) is 2.52. The highest BCUT2D eigenvalue weighted by Crippen LogP contribution is 2.21. The fourth-order valence-electron chi connectivity index (χ4n) is 2.21. The number of hydrogen-bond acceptors (Lipinski definition) is 2. The summed E-state index contributed by atoms with van der Waals surface area (Å²) in [5.74, 6) is -1.90. The van der Waals surface area contributed by atoms with E-state index in [1.807, 2.05) is 13.0 Å². The van der Waals surface area contributed by atoms with Crippen LogP contribution in [0.1, 0.15) is 16.8 Å². The van der Waals surface area contributed by atoms with Gasteiger partial charge in [-0.3, -0.25) is 9.20 Å². The summed E-state index contributed by atoms with van der Waals surface area (Å²) in [5.41, 5.74) is 1.69. The first-order valence-corrected chi connectivity index (χ1v) is 7.15. The van der Waals surface area contributed by atoms with Gasteiger partial charge in [-0.05, 0) is 42.3 Å². The molecule has 0 amide bonds. The summed E-state index contributed by atoms with van der Waals surface area (Å²) >= 11 is 6.19. The van der Waals surface area contributed by atoms with Crippen LogP contribution in [0.3, 0.4) is 0 Å². The fourth-order valence-corrected chi connectivity index (χ4v) is 2.43. The molecule has 0 unspecified atom stereocenters. The van der Waals surface area contributed by atoms with Gasteiger partial charge >= 0.3 is 0 Å². The molecule has 1 aromatic carbocycles. The van der Waals surface area contributed by atoms with Gasteiger partial charge in [0.25, 0.3) is 5.56 Å². The van der Waals surface area contributed by atoms with Crippen LogP contribution in [0.25, 0.3) is 16.8 Å². The molecule has 0 saturated heterocycles. The molecule has 0 N–H and O–H groups in total. The molecule has 2 heterocycles. The van der Waals surface area contributed by atoms with Gasteiger partial charge < -0.3 is 0 Å². The number of fused-ring (bicyclic) bond motifs is 1. The molecule has 0 atom stereocenters. The van der Waals surface area contributed by atoms with Crippen molar-refractivity contribution in [1.82, 2.24) is 9.38 Å². The van der Waals surface area contributed by atoms with Gasteiger partial charge in [0.15, 0.2) is 11.6 Å². The number of benzene rings is 1. The van der Waals surface area contributed by atoms with Gasteiger partial charge in [-0.1, -0.05) is 23.7 Å². The van der Waals surface area contributed by atoms with Gasteiger partial charge in [0.2, 0.25) is 0 Å². The van der Waals surface area contributed by atoms with Crippen LogP contribution < -0.4 is 5.56 Å². The lowest BCUT2D eigenvalue weighted by molar-refractivity contribution is 0.508. The van der Waals surface area contributed by atoms with Crippen LogP contribution in [-0.4, -0.2) is 9.38 Å². The molecule has 0 aliphatic rings. The minimum atomic E-state index is -0.967. The van der Waals surface area contributed by atoms with Crippen molar-refractivity contribution in [3.05, 3.63) is 81.4 Å². The second-order valence-electron chi connectivity index (χ2n) is 5.03. The zero-order valence-electron chi connectivity index (χ0n) is 12.1. The molecule has 0 radical (unpaired) electrons. The minimum absolute atomic E-state index is 0.166. The topological polar surface area (TPSA) is 34.4 Å². The zero-order chi connectivity index (χ0) is 16.6. The standard InChI is InChI=1S/C17H11ClF2N2O/c1-10-3-2-6-22-16(23)9-15(21-17(10)22)12(18)7-11-4-5-13(19)14(20)8-11/h2-9H,1H3/b12-7-. The third kappa shape index (κ3) is 3.00. The maximum Gasteiger partial charge on any atom is 0.258 e. The third-order valence-corrected chi connectivity index (χ3v) is 3.67. The molecule has 0 fully saturated rings. The van der Waals surface area contributed by atoms with Gasteiger partial charge in [-0.25, -0.2) is 13.8 Å². The molecule has 23 heavy (non-hydrogen) atoms. The van der Waals surface area contributed by atoms with E-state index < -0.39 is 11.6 Å².